The van der Waals surface area contributed by atoms with Crippen LogP contribution in [0.5, 0.6) is 5.75 Å². The Morgan fingerprint density at radius 2 is 2.30 bits per heavy atom. The number of fused-ring (bicyclic) bond motifs is 1. The van der Waals surface area contributed by atoms with Crippen LogP contribution in [0.4, 0.5) is 0 Å². The molecule has 0 radical (unpaired) electrons. The number of benzene rings is 1. The third-order valence-corrected chi connectivity index (χ3v) is 5.86. The molecule has 1 aromatic rings. The van der Waals surface area contributed by atoms with E-state index in [2.05, 4.69) is 5.32 Å². The van der Waals surface area contributed by atoms with Crippen molar-refractivity contribution in [3.8, 4) is 5.75 Å². The van der Waals surface area contributed by atoms with Crippen LogP contribution >= 0.6 is 23.4 Å². The van der Waals surface area contributed by atoms with Gasteiger partial charge >= 0.3 is 0 Å². The Kier molecular flexibility index (Phi) is 6.50. The van der Waals surface area contributed by atoms with Gasteiger partial charge in [-0.3, -0.25) is 9.59 Å². The summed E-state index contributed by atoms with van der Waals surface area (Å²) in [5.74, 6) is 1.68. The lowest BCUT2D eigenvalue weighted by atomic mass is 10.1. The summed E-state index contributed by atoms with van der Waals surface area (Å²) in [7, 11) is 0. The van der Waals surface area contributed by atoms with Gasteiger partial charge in [0.1, 0.15) is 18.4 Å². The molecule has 0 saturated carbocycles. The van der Waals surface area contributed by atoms with E-state index >= 15 is 0 Å². The smallest absolute Gasteiger partial charge is 0.247 e. The zero-order chi connectivity index (χ0) is 19.4. The predicted molar refractivity (Wildman–Crippen MR) is 110 cm³/mol. The molecule has 3 rings (SSSR count). The summed E-state index contributed by atoms with van der Waals surface area (Å²) >= 11 is 7.62. The van der Waals surface area contributed by atoms with E-state index in [0.717, 1.165) is 23.3 Å². The summed E-state index contributed by atoms with van der Waals surface area (Å²) < 4.78 is 5.69. The normalized spacial score (nSPS) is 20.0. The summed E-state index contributed by atoms with van der Waals surface area (Å²) in [5.41, 5.74) is 1.77. The van der Waals surface area contributed by atoms with Crippen molar-refractivity contribution >= 4 is 41.3 Å². The quantitative estimate of drug-likeness (QED) is 0.760. The van der Waals surface area contributed by atoms with Crippen LogP contribution in [0.25, 0.3) is 6.08 Å². The lowest BCUT2D eigenvalue weighted by Crippen LogP contribution is -2.48. The van der Waals surface area contributed by atoms with E-state index in [-0.39, 0.29) is 17.9 Å². The molecule has 2 heterocycles. The monoisotopic (exact) mass is 406 g/mol. The van der Waals surface area contributed by atoms with Crippen molar-refractivity contribution in [2.75, 3.05) is 18.2 Å². The zero-order valence-electron chi connectivity index (χ0n) is 15.4. The van der Waals surface area contributed by atoms with Gasteiger partial charge in [0, 0.05) is 28.5 Å². The molecule has 1 N–H and O–H groups in total. The number of rotatable bonds is 5. The number of carbonyl (C=O) groups excluding carboxylic acids is 2. The summed E-state index contributed by atoms with van der Waals surface area (Å²) in [4.78, 5) is 26.7. The molecule has 2 aliphatic heterocycles. The third kappa shape index (κ3) is 4.87. The van der Waals surface area contributed by atoms with Crippen LogP contribution in [0.15, 0.2) is 35.9 Å². The van der Waals surface area contributed by atoms with E-state index in [0.29, 0.717) is 23.3 Å². The number of amides is 2. The first-order chi connectivity index (χ1) is 13.0. The Labute approximate surface area is 168 Å². The zero-order valence-corrected chi connectivity index (χ0v) is 17.0. The summed E-state index contributed by atoms with van der Waals surface area (Å²) in [6.07, 6.45) is 6.08. The maximum absolute atomic E-state index is 12.6. The van der Waals surface area contributed by atoms with E-state index in [4.69, 9.17) is 16.3 Å². The molecule has 5 nitrogen and oxygen atoms in total. The van der Waals surface area contributed by atoms with E-state index < -0.39 is 6.04 Å². The van der Waals surface area contributed by atoms with Gasteiger partial charge in [0.15, 0.2) is 0 Å². The second-order valence-corrected chi connectivity index (χ2v) is 8.10. The molecule has 1 fully saturated rings. The van der Waals surface area contributed by atoms with Crippen LogP contribution in [0.3, 0.4) is 0 Å². The number of ether oxygens (including phenoxy) is 1. The van der Waals surface area contributed by atoms with E-state index in [1.807, 2.05) is 32.1 Å². The molecule has 2 aliphatic rings. The molecular weight excluding hydrogens is 384 g/mol. The Morgan fingerprint density at radius 3 is 3.07 bits per heavy atom. The maximum atomic E-state index is 12.6. The Morgan fingerprint density at radius 1 is 1.48 bits per heavy atom. The molecule has 1 aromatic carbocycles. The fourth-order valence-corrected chi connectivity index (χ4v) is 4.20. The van der Waals surface area contributed by atoms with Crippen molar-refractivity contribution in [2.45, 2.75) is 32.4 Å². The van der Waals surface area contributed by atoms with Gasteiger partial charge in [-0.15, -0.1) is 11.8 Å². The van der Waals surface area contributed by atoms with E-state index in [1.165, 1.54) is 6.08 Å². The Bertz CT molecular complexity index is 793. The molecule has 2 unspecified atom stereocenters. The van der Waals surface area contributed by atoms with Crippen molar-refractivity contribution in [1.29, 1.82) is 0 Å². The molecule has 0 spiro atoms. The van der Waals surface area contributed by atoms with Crippen molar-refractivity contribution in [2.24, 2.45) is 0 Å². The van der Waals surface area contributed by atoms with Gasteiger partial charge in [-0.25, -0.2) is 0 Å². The van der Waals surface area contributed by atoms with Gasteiger partial charge in [-0.1, -0.05) is 24.6 Å². The second-order valence-electron chi connectivity index (χ2n) is 6.67. The first-order valence-corrected chi connectivity index (χ1v) is 10.5. The standard InChI is InChI=1S/C20H23ClN2O3S/c1-3-13(2)22-20(25)17-11-27-12-23(17)19(24)7-4-14-8-15-9-16(21)5-6-18(15)26-10-14/h4-9,13,17H,3,10-12H2,1-2H3,(H,22,25). The fraction of sp³-hybridized carbons (Fsp3) is 0.400. The SMILES string of the molecule is CCC(C)NC(=O)C1CSCN1C(=O)C=CC1=Cc2cc(Cl)ccc2OC1. The molecule has 2 atom stereocenters. The van der Waals surface area contributed by atoms with Gasteiger partial charge in [0.2, 0.25) is 11.8 Å². The number of hydrogen-bond acceptors (Lipinski definition) is 4. The summed E-state index contributed by atoms with van der Waals surface area (Å²) in [6.45, 7) is 4.38. The fourth-order valence-electron chi connectivity index (χ4n) is 2.85. The topological polar surface area (TPSA) is 58.6 Å². The molecule has 2 amide bonds. The number of halogens is 1. The van der Waals surface area contributed by atoms with Gasteiger partial charge in [0.05, 0.1) is 5.88 Å². The van der Waals surface area contributed by atoms with E-state index in [9.17, 15) is 9.59 Å². The van der Waals surface area contributed by atoms with Crippen molar-refractivity contribution in [3.63, 3.8) is 0 Å². The minimum atomic E-state index is -0.419. The number of hydrogen-bond donors (Lipinski definition) is 1. The number of thioether (sulfide) groups is 1. The van der Waals surface area contributed by atoms with Crippen LogP contribution < -0.4 is 10.1 Å². The third-order valence-electron chi connectivity index (χ3n) is 4.62. The first kappa shape index (κ1) is 19.8. The van der Waals surface area contributed by atoms with Crippen LogP contribution in [0.1, 0.15) is 25.8 Å². The number of nitrogens with zero attached hydrogens (tertiary/aromatic N) is 1. The lowest BCUT2D eigenvalue weighted by Gasteiger charge is -2.23. The van der Waals surface area contributed by atoms with Crippen LogP contribution in [-0.2, 0) is 9.59 Å². The van der Waals surface area contributed by atoms with Crippen molar-refractivity contribution in [1.82, 2.24) is 10.2 Å². The highest BCUT2D eigenvalue weighted by molar-refractivity contribution is 7.99. The number of nitrogens with one attached hydrogen (secondary N) is 1. The summed E-state index contributed by atoms with van der Waals surface area (Å²) in [5, 5.41) is 3.60. The van der Waals surface area contributed by atoms with Crippen LogP contribution in [0, 0.1) is 0 Å². The minimum Gasteiger partial charge on any atom is -0.488 e. The molecule has 1 saturated heterocycles. The van der Waals surface area contributed by atoms with Gasteiger partial charge in [-0.2, -0.15) is 0 Å². The van der Waals surface area contributed by atoms with Gasteiger partial charge in [-0.05, 0) is 43.2 Å². The van der Waals surface area contributed by atoms with Crippen LogP contribution in [0.2, 0.25) is 5.02 Å². The first-order valence-electron chi connectivity index (χ1n) is 8.97. The number of carbonyl (C=O) groups is 2. The average molecular weight is 407 g/mol. The Hall–Kier alpha value is -1.92. The average Bonchev–Trinajstić information content (AvgIpc) is 3.15. The minimum absolute atomic E-state index is 0.0834. The molecule has 0 aliphatic carbocycles. The predicted octanol–water partition coefficient (Wildman–Crippen LogP) is 3.49. The largest absolute Gasteiger partial charge is 0.488 e. The highest BCUT2D eigenvalue weighted by Gasteiger charge is 2.34. The Balaban J connectivity index is 1.66. The van der Waals surface area contributed by atoms with Gasteiger partial charge in [0.25, 0.3) is 0 Å². The van der Waals surface area contributed by atoms with Gasteiger partial charge < -0.3 is 15.0 Å². The van der Waals surface area contributed by atoms with E-state index in [1.54, 1.807) is 28.8 Å². The highest BCUT2D eigenvalue weighted by atomic mass is 35.5. The molecule has 27 heavy (non-hydrogen) atoms. The molecule has 144 valence electrons. The van der Waals surface area contributed by atoms with Crippen molar-refractivity contribution < 1.29 is 14.3 Å². The maximum Gasteiger partial charge on any atom is 0.247 e. The lowest BCUT2D eigenvalue weighted by molar-refractivity contribution is -0.135. The molecule has 0 bridgehead atoms. The summed E-state index contributed by atoms with van der Waals surface area (Å²) in [6, 6.07) is 5.14. The second kappa shape index (κ2) is 8.85. The highest BCUT2D eigenvalue weighted by Crippen LogP contribution is 2.29. The van der Waals surface area contributed by atoms with Crippen LogP contribution in [-0.4, -0.2) is 47.0 Å². The molecule has 7 heteroatoms. The molecular formula is C20H23ClN2O3S. The molecule has 0 aromatic heterocycles. The van der Waals surface area contributed by atoms with Crippen molar-refractivity contribution in [3.05, 3.63) is 46.5 Å².